The fourth-order valence-corrected chi connectivity index (χ4v) is 1.40. The number of nitrogens with one attached hydrogen (secondary N) is 2. The maximum absolute atomic E-state index is 12.0. The van der Waals surface area contributed by atoms with E-state index in [1.165, 1.54) is 6.20 Å². The molecule has 20 heavy (non-hydrogen) atoms. The van der Waals surface area contributed by atoms with Crippen LogP contribution in [0.25, 0.3) is 0 Å². The van der Waals surface area contributed by atoms with E-state index in [4.69, 9.17) is 10.5 Å². The summed E-state index contributed by atoms with van der Waals surface area (Å²) >= 11 is 0. The Morgan fingerprint density at radius 2 is 2.10 bits per heavy atom. The smallest absolute Gasteiger partial charge is 0.251 e. The Hall–Kier alpha value is -2.79. The Labute approximate surface area is 118 Å². The predicted octanol–water partition coefficient (Wildman–Crippen LogP) is 2.56. The summed E-state index contributed by atoms with van der Waals surface area (Å²) in [6, 6.07) is 10.5. The van der Waals surface area contributed by atoms with E-state index in [9.17, 15) is 4.79 Å². The lowest BCUT2D eigenvalue weighted by atomic mass is 10.1. The van der Waals surface area contributed by atoms with E-state index in [1.807, 2.05) is 13.8 Å². The molecule has 1 aromatic carbocycles. The zero-order valence-electron chi connectivity index (χ0n) is 11.5. The second-order valence-corrected chi connectivity index (χ2v) is 4.29. The van der Waals surface area contributed by atoms with Gasteiger partial charge < -0.3 is 10.6 Å². The molecule has 1 amide bonds. The van der Waals surface area contributed by atoms with Gasteiger partial charge in [-0.15, -0.1) is 0 Å². The first-order valence-electron chi connectivity index (χ1n) is 6.28. The van der Waals surface area contributed by atoms with E-state index in [0.29, 0.717) is 11.3 Å². The topological polar surface area (TPSA) is 88.7 Å². The van der Waals surface area contributed by atoms with Gasteiger partial charge in [0.2, 0.25) is 0 Å². The summed E-state index contributed by atoms with van der Waals surface area (Å²) < 4.78 is 0. The van der Waals surface area contributed by atoms with Crippen molar-refractivity contribution in [2.24, 2.45) is 0 Å². The van der Waals surface area contributed by atoms with Crippen molar-refractivity contribution < 1.29 is 4.79 Å². The summed E-state index contributed by atoms with van der Waals surface area (Å²) in [5.74, 6) is -0.146. The number of benzene rings is 1. The average Bonchev–Trinajstić information content (AvgIpc) is 2.48. The van der Waals surface area contributed by atoms with Crippen LogP contribution in [0.15, 0.2) is 36.0 Å². The highest BCUT2D eigenvalue weighted by molar-refractivity contribution is 5.95. The maximum Gasteiger partial charge on any atom is 0.251 e. The van der Waals surface area contributed by atoms with Gasteiger partial charge in [-0.1, -0.05) is 13.0 Å². The lowest BCUT2D eigenvalue weighted by Gasteiger charge is -2.12. The van der Waals surface area contributed by atoms with Gasteiger partial charge in [0, 0.05) is 23.5 Å². The van der Waals surface area contributed by atoms with Crippen LogP contribution in [0.5, 0.6) is 0 Å². The van der Waals surface area contributed by atoms with Gasteiger partial charge in [0.1, 0.15) is 17.7 Å². The van der Waals surface area contributed by atoms with E-state index >= 15 is 0 Å². The first-order chi connectivity index (χ1) is 9.60. The number of nitriles is 2. The number of carbonyl (C=O) groups excluding carboxylic acids is 1. The molecule has 0 aliphatic rings. The van der Waals surface area contributed by atoms with Gasteiger partial charge in [0.25, 0.3) is 5.91 Å². The summed E-state index contributed by atoms with van der Waals surface area (Å²) in [6.45, 7) is 3.94. The zero-order chi connectivity index (χ0) is 15.0. The molecule has 1 atom stereocenters. The van der Waals surface area contributed by atoms with Crippen molar-refractivity contribution in [1.29, 1.82) is 10.5 Å². The molecule has 0 saturated carbocycles. The molecule has 2 N–H and O–H groups in total. The van der Waals surface area contributed by atoms with Gasteiger partial charge in [0.05, 0.1) is 0 Å². The molecule has 1 rings (SSSR count). The van der Waals surface area contributed by atoms with Crippen molar-refractivity contribution in [3.05, 3.63) is 41.6 Å². The summed E-state index contributed by atoms with van der Waals surface area (Å²) in [6.07, 6.45) is 2.17. The summed E-state index contributed by atoms with van der Waals surface area (Å²) in [5.41, 5.74) is 1.14. The predicted molar refractivity (Wildman–Crippen MR) is 76.6 cm³/mol. The van der Waals surface area contributed by atoms with Crippen LogP contribution >= 0.6 is 0 Å². The Balaban J connectivity index is 2.82. The van der Waals surface area contributed by atoms with Crippen molar-refractivity contribution >= 4 is 11.6 Å². The Bertz CT molecular complexity index is 577. The normalized spacial score (nSPS) is 10.6. The monoisotopic (exact) mass is 268 g/mol. The molecule has 0 radical (unpaired) electrons. The van der Waals surface area contributed by atoms with Gasteiger partial charge in [-0.25, -0.2) is 0 Å². The maximum atomic E-state index is 12.0. The number of carbonyl (C=O) groups is 1. The molecule has 0 spiro atoms. The van der Waals surface area contributed by atoms with Crippen molar-refractivity contribution in [3.63, 3.8) is 0 Å². The number of hydrogen-bond acceptors (Lipinski definition) is 4. The van der Waals surface area contributed by atoms with Crippen molar-refractivity contribution in [2.45, 2.75) is 26.3 Å². The highest BCUT2D eigenvalue weighted by atomic mass is 16.1. The number of anilines is 1. The van der Waals surface area contributed by atoms with Crippen LogP contribution in [0.4, 0.5) is 5.69 Å². The van der Waals surface area contributed by atoms with E-state index in [0.717, 1.165) is 6.42 Å². The molecule has 5 heteroatoms. The first kappa shape index (κ1) is 15.3. The van der Waals surface area contributed by atoms with Gasteiger partial charge >= 0.3 is 0 Å². The lowest BCUT2D eigenvalue weighted by molar-refractivity contribution is 0.0939. The molecule has 1 unspecified atom stereocenters. The lowest BCUT2D eigenvalue weighted by Crippen LogP contribution is -2.31. The quantitative estimate of drug-likeness (QED) is 0.803. The standard InChI is InChI=1S/C15H16N4O/c1-3-11(2)19-15(20)13-5-4-6-14(7-13)18-10-12(8-16)9-17/h4-7,10-11,18H,3H2,1-2H3,(H,19,20). The Kier molecular flexibility index (Phi) is 5.80. The first-order valence-corrected chi connectivity index (χ1v) is 6.28. The fraction of sp³-hybridized carbons (Fsp3) is 0.267. The highest BCUT2D eigenvalue weighted by Crippen LogP contribution is 2.11. The van der Waals surface area contributed by atoms with E-state index < -0.39 is 0 Å². The van der Waals surface area contributed by atoms with Crippen LogP contribution < -0.4 is 10.6 Å². The summed E-state index contributed by atoms with van der Waals surface area (Å²) in [4.78, 5) is 12.0. The average molecular weight is 268 g/mol. The van der Waals surface area contributed by atoms with E-state index in [-0.39, 0.29) is 17.5 Å². The largest absolute Gasteiger partial charge is 0.360 e. The third-order valence-corrected chi connectivity index (χ3v) is 2.74. The fourth-order valence-electron chi connectivity index (χ4n) is 1.40. The number of allylic oxidation sites excluding steroid dienone is 1. The van der Waals surface area contributed by atoms with Crippen LogP contribution in [0, 0.1) is 22.7 Å². The molecule has 0 aliphatic carbocycles. The molecular weight excluding hydrogens is 252 g/mol. The van der Waals surface area contributed by atoms with Gasteiger partial charge in [-0.2, -0.15) is 10.5 Å². The number of hydrogen-bond donors (Lipinski definition) is 2. The van der Waals surface area contributed by atoms with Crippen LogP contribution in [-0.2, 0) is 0 Å². The molecule has 0 aromatic heterocycles. The molecule has 0 bridgehead atoms. The van der Waals surface area contributed by atoms with Crippen LogP contribution in [-0.4, -0.2) is 11.9 Å². The minimum atomic E-state index is -0.146. The van der Waals surface area contributed by atoms with Gasteiger partial charge in [0.15, 0.2) is 0 Å². The van der Waals surface area contributed by atoms with Crippen molar-refractivity contribution in [3.8, 4) is 12.1 Å². The number of rotatable bonds is 5. The van der Waals surface area contributed by atoms with Gasteiger partial charge in [-0.3, -0.25) is 4.79 Å². The second-order valence-electron chi connectivity index (χ2n) is 4.29. The van der Waals surface area contributed by atoms with E-state index in [2.05, 4.69) is 10.6 Å². The molecule has 1 aromatic rings. The summed E-state index contributed by atoms with van der Waals surface area (Å²) in [7, 11) is 0. The molecule has 5 nitrogen and oxygen atoms in total. The Morgan fingerprint density at radius 1 is 1.40 bits per heavy atom. The highest BCUT2D eigenvalue weighted by Gasteiger charge is 2.08. The SMILES string of the molecule is CCC(C)NC(=O)c1cccc(NC=C(C#N)C#N)c1. The second kappa shape index (κ2) is 7.60. The minimum Gasteiger partial charge on any atom is -0.360 e. The molecule has 102 valence electrons. The third kappa shape index (κ3) is 4.47. The number of amides is 1. The molecule has 0 heterocycles. The van der Waals surface area contributed by atoms with Crippen molar-refractivity contribution in [2.75, 3.05) is 5.32 Å². The van der Waals surface area contributed by atoms with Gasteiger partial charge in [-0.05, 0) is 31.5 Å². The summed E-state index contributed by atoms with van der Waals surface area (Å²) in [5, 5.41) is 23.0. The number of nitrogens with zero attached hydrogens (tertiary/aromatic N) is 2. The molecular formula is C15H16N4O. The molecule has 0 aliphatic heterocycles. The Morgan fingerprint density at radius 3 is 2.70 bits per heavy atom. The zero-order valence-corrected chi connectivity index (χ0v) is 11.5. The molecule has 0 saturated heterocycles. The van der Waals surface area contributed by atoms with Crippen LogP contribution in [0.1, 0.15) is 30.6 Å². The minimum absolute atomic E-state index is 0.0283. The van der Waals surface area contributed by atoms with Crippen LogP contribution in [0.2, 0.25) is 0 Å². The van der Waals surface area contributed by atoms with Crippen LogP contribution in [0.3, 0.4) is 0 Å². The third-order valence-electron chi connectivity index (χ3n) is 2.74. The van der Waals surface area contributed by atoms with E-state index in [1.54, 1.807) is 36.4 Å². The van der Waals surface area contributed by atoms with Crippen molar-refractivity contribution in [1.82, 2.24) is 5.32 Å². The molecule has 0 fully saturated rings.